The van der Waals surface area contributed by atoms with Crippen LogP contribution >= 0.6 is 39.5 Å². The van der Waals surface area contributed by atoms with E-state index in [-0.39, 0.29) is 12.5 Å². The molecule has 1 fully saturated rings. The summed E-state index contributed by atoms with van der Waals surface area (Å²) in [4.78, 5) is 12.2. The minimum absolute atomic E-state index is 0.122. The molecule has 1 N–H and O–H groups in total. The van der Waals surface area contributed by atoms with Crippen LogP contribution in [0.4, 0.5) is 0 Å². The number of benzene rings is 3. The third kappa shape index (κ3) is 8.18. The molecule has 3 aromatic rings. The fraction of sp³-hybridized carbons (Fsp3) is 0.286. The number of aryl methyl sites for hydroxylation is 1. The maximum absolute atomic E-state index is 12.2. The molecule has 6 nitrogen and oxygen atoms in total. The van der Waals surface area contributed by atoms with Crippen LogP contribution in [0.1, 0.15) is 33.8 Å². The van der Waals surface area contributed by atoms with E-state index in [1.807, 2.05) is 66.8 Å². The van der Waals surface area contributed by atoms with E-state index in [0.717, 1.165) is 15.6 Å². The molecule has 0 unspecified atom stereocenters. The Morgan fingerprint density at radius 1 is 1.05 bits per heavy atom. The second-order valence-electron chi connectivity index (χ2n) is 8.26. The lowest BCUT2D eigenvalue weighted by Gasteiger charge is -2.15. The number of amides is 1. The third-order valence-electron chi connectivity index (χ3n) is 5.38. The van der Waals surface area contributed by atoms with Gasteiger partial charge < -0.3 is 14.2 Å². The first-order chi connectivity index (χ1) is 18.0. The van der Waals surface area contributed by atoms with Crippen LogP contribution in [-0.4, -0.2) is 36.8 Å². The topological polar surface area (TPSA) is 69.2 Å². The van der Waals surface area contributed by atoms with Gasteiger partial charge in [-0.1, -0.05) is 42.0 Å². The maximum Gasteiger partial charge on any atom is 0.277 e. The van der Waals surface area contributed by atoms with Crippen molar-refractivity contribution in [3.63, 3.8) is 0 Å². The van der Waals surface area contributed by atoms with E-state index in [1.165, 1.54) is 22.6 Å². The predicted molar refractivity (Wildman–Crippen MR) is 156 cm³/mol. The highest BCUT2D eigenvalue weighted by atomic mass is 79.9. The van der Waals surface area contributed by atoms with Crippen molar-refractivity contribution in [2.75, 3.05) is 24.7 Å². The number of thioether (sulfide) groups is 2. The number of halogens is 1. The second kappa shape index (κ2) is 13.8. The average molecular weight is 602 g/mol. The zero-order valence-electron chi connectivity index (χ0n) is 20.7. The lowest BCUT2D eigenvalue weighted by atomic mass is 10.2. The number of nitrogens with zero attached hydrogens (tertiary/aromatic N) is 1. The SMILES string of the molecule is CCOc1cc(/C=N\NC(=O)COc2ccc(C3SCCS3)cc2)cc(Br)c1OCc1ccc(C)cc1. The fourth-order valence-electron chi connectivity index (χ4n) is 3.54. The Labute approximate surface area is 234 Å². The molecular formula is C28H29BrN2O4S2. The second-order valence-corrected chi connectivity index (χ2v) is 11.8. The summed E-state index contributed by atoms with van der Waals surface area (Å²) in [6, 6.07) is 19.8. The fourth-order valence-corrected chi connectivity index (χ4v) is 6.97. The van der Waals surface area contributed by atoms with Crippen molar-refractivity contribution in [3.05, 3.63) is 87.4 Å². The monoisotopic (exact) mass is 600 g/mol. The molecule has 0 saturated carbocycles. The molecule has 0 spiro atoms. The van der Waals surface area contributed by atoms with Gasteiger partial charge in [0.1, 0.15) is 12.4 Å². The van der Waals surface area contributed by atoms with Gasteiger partial charge in [-0.25, -0.2) is 5.43 Å². The van der Waals surface area contributed by atoms with Gasteiger partial charge in [0.05, 0.1) is 21.9 Å². The summed E-state index contributed by atoms with van der Waals surface area (Å²) in [5.41, 5.74) is 6.80. The highest BCUT2D eigenvalue weighted by molar-refractivity contribution is 9.10. The van der Waals surface area contributed by atoms with Crippen molar-refractivity contribution in [1.29, 1.82) is 0 Å². The molecule has 1 aliphatic heterocycles. The van der Waals surface area contributed by atoms with E-state index in [2.05, 4.69) is 57.6 Å². The first-order valence-electron chi connectivity index (χ1n) is 11.9. The Hall–Kier alpha value is -2.62. The number of ether oxygens (including phenoxy) is 3. The normalized spacial score (nSPS) is 13.6. The molecule has 194 valence electrons. The van der Waals surface area contributed by atoms with Gasteiger partial charge in [0.2, 0.25) is 0 Å². The Kier molecular flexibility index (Phi) is 10.2. The van der Waals surface area contributed by atoms with Crippen LogP contribution in [0.2, 0.25) is 0 Å². The summed E-state index contributed by atoms with van der Waals surface area (Å²) in [6.45, 7) is 4.76. The summed E-state index contributed by atoms with van der Waals surface area (Å²) in [6.07, 6.45) is 1.56. The van der Waals surface area contributed by atoms with Gasteiger partial charge in [0.15, 0.2) is 18.1 Å². The molecule has 0 radical (unpaired) electrons. The third-order valence-corrected chi connectivity index (χ3v) is 9.08. The number of hydrogen-bond acceptors (Lipinski definition) is 7. The average Bonchev–Trinajstić information content (AvgIpc) is 3.44. The van der Waals surface area contributed by atoms with Gasteiger partial charge in [-0.15, -0.1) is 23.5 Å². The van der Waals surface area contributed by atoms with Crippen LogP contribution in [0.5, 0.6) is 17.2 Å². The van der Waals surface area contributed by atoms with Crippen LogP contribution in [0.25, 0.3) is 0 Å². The van der Waals surface area contributed by atoms with Crippen molar-refractivity contribution in [2.24, 2.45) is 5.10 Å². The summed E-state index contributed by atoms with van der Waals surface area (Å²) in [5, 5.41) is 4.07. The maximum atomic E-state index is 12.2. The molecule has 1 aliphatic rings. The van der Waals surface area contributed by atoms with E-state index < -0.39 is 0 Å². The van der Waals surface area contributed by atoms with Crippen molar-refractivity contribution in [1.82, 2.24) is 5.43 Å². The largest absolute Gasteiger partial charge is 0.490 e. The Balaban J connectivity index is 1.30. The molecular weight excluding hydrogens is 572 g/mol. The van der Waals surface area contributed by atoms with E-state index >= 15 is 0 Å². The van der Waals surface area contributed by atoms with E-state index in [0.29, 0.717) is 35.0 Å². The number of nitrogens with one attached hydrogen (secondary N) is 1. The number of carbonyl (C=O) groups excluding carboxylic acids is 1. The molecule has 4 rings (SSSR count). The van der Waals surface area contributed by atoms with E-state index in [4.69, 9.17) is 14.2 Å². The van der Waals surface area contributed by atoms with Gasteiger partial charge in [0, 0.05) is 11.5 Å². The van der Waals surface area contributed by atoms with Crippen LogP contribution in [0.3, 0.4) is 0 Å². The number of carbonyl (C=O) groups is 1. The molecule has 0 aliphatic carbocycles. The van der Waals surface area contributed by atoms with Crippen molar-refractivity contribution in [3.8, 4) is 17.2 Å². The quantitative estimate of drug-likeness (QED) is 0.194. The molecule has 9 heteroatoms. The first kappa shape index (κ1) is 27.4. The molecule has 0 atom stereocenters. The smallest absolute Gasteiger partial charge is 0.277 e. The van der Waals surface area contributed by atoms with Gasteiger partial charge >= 0.3 is 0 Å². The van der Waals surface area contributed by atoms with E-state index in [9.17, 15) is 4.79 Å². The summed E-state index contributed by atoms with van der Waals surface area (Å²) < 4.78 is 18.7. The molecule has 1 saturated heterocycles. The van der Waals surface area contributed by atoms with Gasteiger partial charge in [0.25, 0.3) is 5.91 Å². The van der Waals surface area contributed by atoms with Gasteiger partial charge in [-0.2, -0.15) is 5.10 Å². The van der Waals surface area contributed by atoms with Crippen LogP contribution < -0.4 is 19.6 Å². The Bertz CT molecular complexity index is 1210. The van der Waals surface area contributed by atoms with Crippen molar-refractivity contribution >= 4 is 51.6 Å². The van der Waals surface area contributed by atoms with Crippen molar-refractivity contribution < 1.29 is 19.0 Å². The summed E-state index contributed by atoms with van der Waals surface area (Å²) in [5.74, 6) is 3.90. The summed E-state index contributed by atoms with van der Waals surface area (Å²) >= 11 is 7.49. The van der Waals surface area contributed by atoms with Crippen LogP contribution in [0.15, 0.2) is 70.2 Å². The first-order valence-corrected chi connectivity index (χ1v) is 14.8. The Morgan fingerprint density at radius 2 is 1.78 bits per heavy atom. The summed E-state index contributed by atoms with van der Waals surface area (Å²) in [7, 11) is 0. The number of hydrazone groups is 1. The number of hydrogen-bond donors (Lipinski definition) is 1. The zero-order valence-corrected chi connectivity index (χ0v) is 24.0. The standard InChI is InChI=1S/C28H29BrN2O4S2/c1-3-33-25-15-21(14-24(29)27(25)35-17-20-6-4-19(2)5-7-20)16-30-31-26(32)18-34-23-10-8-22(9-11-23)28-36-12-13-37-28/h4-11,14-16,28H,3,12-13,17-18H2,1-2H3,(H,31,32)/b30-16-. The van der Waals surface area contributed by atoms with E-state index in [1.54, 1.807) is 6.21 Å². The predicted octanol–water partition coefficient (Wildman–Crippen LogP) is 6.74. The molecule has 0 bridgehead atoms. The Morgan fingerprint density at radius 3 is 2.49 bits per heavy atom. The van der Waals surface area contributed by atoms with Gasteiger partial charge in [-0.3, -0.25) is 4.79 Å². The molecule has 3 aromatic carbocycles. The minimum Gasteiger partial charge on any atom is -0.490 e. The molecule has 1 heterocycles. The van der Waals surface area contributed by atoms with Crippen LogP contribution in [0, 0.1) is 6.92 Å². The lowest BCUT2D eigenvalue weighted by molar-refractivity contribution is -0.123. The van der Waals surface area contributed by atoms with Crippen LogP contribution in [-0.2, 0) is 11.4 Å². The minimum atomic E-state index is -0.343. The molecule has 0 aromatic heterocycles. The molecule has 37 heavy (non-hydrogen) atoms. The highest BCUT2D eigenvalue weighted by Gasteiger charge is 2.18. The zero-order chi connectivity index (χ0) is 26.0. The molecule has 1 amide bonds. The lowest BCUT2D eigenvalue weighted by Crippen LogP contribution is -2.24. The number of rotatable bonds is 11. The highest BCUT2D eigenvalue weighted by Crippen LogP contribution is 2.45. The van der Waals surface area contributed by atoms with Gasteiger partial charge in [-0.05, 0) is 70.7 Å². The van der Waals surface area contributed by atoms with Crippen molar-refractivity contribution in [2.45, 2.75) is 25.0 Å².